The maximum atomic E-state index is 12.7. The SMILES string of the molecule is CCCC1(C(=O)c2ccc(Cl)cc2Cl)CCNC1. The van der Waals surface area contributed by atoms with Crippen LogP contribution in [0, 0.1) is 5.41 Å². The Kier molecular flexibility index (Phi) is 4.31. The lowest BCUT2D eigenvalue weighted by Crippen LogP contribution is -2.33. The van der Waals surface area contributed by atoms with Gasteiger partial charge in [0.1, 0.15) is 0 Å². The van der Waals surface area contributed by atoms with Gasteiger partial charge in [-0.2, -0.15) is 0 Å². The number of benzene rings is 1. The Morgan fingerprint density at radius 2 is 2.22 bits per heavy atom. The Morgan fingerprint density at radius 1 is 1.44 bits per heavy atom. The number of hydrogen-bond acceptors (Lipinski definition) is 2. The Balaban J connectivity index is 2.34. The topological polar surface area (TPSA) is 29.1 Å². The van der Waals surface area contributed by atoms with E-state index in [-0.39, 0.29) is 11.2 Å². The van der Waals surface area contributed by atoms with Gasteiger partial charge in [-0.05, 0) is 37.6 Å². The number of hydrogen-bond donors (Lipinski definition) is 1. The van der Waals surface area contributed by atoms with Crippen molar-refractivity contribution in [1.82, 2.24) is 5.32 Å². The lowest BCUT2D eigenvalue weighted by Gasteiger charge is -2.26. The highest BCUT2D eigenvalue weighted by Crippen LogP contribution is 2.37. The van der Waals surface area contributed by atoms with Crippen LogP contribution in [0.25, 0.3) is 0 Å². The van der Waals surface area contributed by atoms with Crippen LogP contribution in [0.2, 0.25) is 10.0 Å². The van der Waals surface area contributed by atoms with Crippen molar-refractivity contribution in [3.05, 3.63) is 33.8 Å². The van der Waals surface area contributed by atoms with Crippen molar-refractivity contribution in [2.24, 2.45) is 5.41 Å². The highest BCUT2D eigenvalue weighted by molar-refractivity contribution is 6.37. The van der Waals surface area contributed by atoms with Crippen LogP contribution in [0.15, 0.2) is 18.2 Å². The van der Waals surface area contributed by atoms with Crippen molar-refractivity contribution in [3.63, 3.8) is 0 Å². The number of halogens is 2. The van der Waals surface area contributed by atoms with Gasteiger partial charge < -0.3 is 5.32 Å². The molecule has 2 nitrogen and oxygen atoms in total. The highest BCUT2D eigenvalue weighted by atomic mass is 35.5. The zero-order chi connectivity index (χ0) is 13.2. The molecule has 1 aliphatic rings. The fraction of sp³-hybridized carbons (Fsp3) is 0.500. The largest absolute Gasteiger partial charge is 0.316 e. The van der Waals surface area contributed by atoms with Crippen molar-refractivity contribution in [1.29, 1.82) is 0 Å². The van der Waals surface area contributed by atoms with E-state index in [0.29, 0.717) is 15.6 Å². The second-order valence-electron chi connectivity index (χ2n) is 4.91. The van der Waals surface area contributed by atoms with Crippen LogP contribution in [-0.2, 0) is 0 Å². The maximum Gasteiger partial charge on any atom is 0.171 e. The summed E-state index contributed by atoms with van der Waals surface area (Å²) in [5.41, 5.74) is 0.310. The van der Waals surface area contributed by atoms with E-state index in [2.05, 4.69) is 12.2 Å². The van der Waals surface area contributed by atoms with Gasteiger partial charge in [-0.15, -0.1) is 0 Å². The first-order chi connectivity index (χ1) is 8.59. The summed E-state index contributed by atoms with van der Waals surface area (Å²) in [6, 6.07) is 5.10. The predicted octanol–water partition coefficient (Wildman–Crippen LogP) is 3.96. The molecule has 1 saturated heterocycles. The third kappa shape index (κ3) is 2.56. The van der Waals surface area contributed by atoms with Crippen LogP contribution < -0.4 is 5.32 Å². The standard InChI is InChI=1S/C14H17Cl2NO/c1-2-5-14(6-7-17-9-14)13(18)11-4-3-10(15)8-12(11)16/h3-4,8,17H,2,5-7,9H2,1H3. The summed E-state index contributed by atoms with van der Waals surface area (Å²) in [4.78, 5) is 12.7. The number of carbonyl (C=O) groups is 1. The van der Waals surface area contributed by atoms with E-state index in [0.717, 1.165) is 32.4 Å². The number of ketones is 1. The molecule has 1 atom stereocenters. The van der Waals surface area contributed by atoms with E-state index in [4.69, 9.17) is 23.2 Å². The third-order valence-corrected chi connectivity index (χ3v) is 4.18. The number of carbonyl (C=O) groups excluding carboxylic acids is 1. The average molecular weight is 286 g/mol. The quantitative estimate of drug-likeness (QED) is 0.849. The van der Waals surface area contributed by atoms with Gasteiger partial charge in [0.25, 0.3) is 0 Å². The number of nitrogens with one attached hydrogen (secondary N) is 1. The molecule has 1 unspecified atom stereocenters. The van der Waals surface area contributed by atoms with Gasteiger partial charge in [-0.3, -0.25) is 4.79 Å². The zero-order valence-corrected chi connectivity index (χ0v) is 11.9. The molecular formula is C14H17Cl2NO. The molecule has 0 aliphatic carbocycles. The summed E-state index contributed by atoms with van der Waals surface area (Å²) in [5.74, 6) is 0.149. The summed E-state index contributed by atoms with van der Waals surface area (Å²) in [5, 5.41) is 4.30. The summed E-state index contributed by atoms with van der Waals surface area (Å²) >= 11 is 12.0. The molecular weight excluding hydrogens is 269 g/mol. The molecule has 1 N–H and O–H groups in total. The van der Waals surface area contributed by atoms with Crippen LogP contribution in [0.3, 0.4) is 0 Å². The third-order valence-electron chi connectivity index (χ3n) is 3.63. The Bertz CT molecular complexity index is 453. The summed E-state index contributed by atoms with van der Waals surface area (Å²) in [6.45, 7) is 3.76. The summed E-state index contributed by atoms with van der Waals surface area (Å²) < 4.78 is 0. The molecule has 1 aromatic rings. The molecule has 1 heterocycles. The Morgan fingerprint density at radius 3 is 2.78 bits per heavy atom. The molecule has 0 aromatic heterocycles. The summed E-state index contributed by atoms with van der Waals surface area (Å²) in [6.07, 6.45) is 2.79. The smallest absolute Gasteiger partial charge is 0.171 e. The van der Waals surface area contributed by atoms with Crippen LogP contribution in [0.4, 0.5) is 0 Å². The molecule has 0 spiro atoms. The maximum absolute atomic E-state index is 12.7. The minimum Gasteiger partial charge on any atom is -0.316 e. The average Bonchev–Trinajstić information content (AvgIpc) is 2.78. The Labute approximate surface area is 118 Å². The lowest BCUT2D eigenvalue weighted by molar-refractivity contribution is 0.0802. The predicted molar refractivity (Wildman–Crippen MR) is 75.6 cm³/mol. The first-order valence-corrected chi connectivity index (χ1v) is 7.05. The van der Waals surface area contributed by atoms with Crippen LogP contribution in [0.1, 0.15) is 36.5 Å². The van der Waals surface area contributed by atoms with E-state index >= 15 is 0 Å². The van der Waals surface area contributed by atoms with Crippen molar-refractivity contribution >= 4 is 29.0 Å². The lowest BCUT2D eigenvalue weighted by atomic mass is 9.76. The molecule has 1 fully saturated rings. The van der Waals surface area contributed by atoms with Crippen LogP contribution in [-0.4, -0.2) is 18.9 Å². The van der Waals surface area contributed by atoms with Gasteiger partial charge >= 0.3 is 0 Å². The molecule has 0 amide bonds. The van der Waals surface area contributed by atoms with Gasteiger partial charge in [-0.1, -0.05) is 36.5 Å². The zero-order valence-electron chi connectivity index (χ0n) is 10.4. The van der Waals surface area contributed by atoms with Crippen molar-refractivity contribution in [2.45, 2.75) is 26.2 Å². The molecule has 1 aromatic carbocycles. The molecule has 0 radical (unpaired) electrons. The highest BCUT2D eigenvalue weighted by Gasteiger charge is 2.41. The molecule has 0 bridgehead atoms. The molecule has 98 valence electrons. The van der Waals surface area contributed by atoms with E-state index in [9.17, 15) is 4.79 Å². The van der Waals surface area contributed by atoms with Gasteiger partial charge in [0, 0.05) is 22.5 Å². The minimum absolute atomic E-state index is 0.149. The fourth-order valence-corrected chi connectivity index (χ4v) is 3.20. The normalized spacial score (nSPS) is 23.3. The van der Waals surface area contributed by atoms with Crippen LogP contribution >= 0.6 is 23.2 Å². The molecule has 0 saturated carbocycles. The minimum atomic E-state index is -0.285. The first kappa shape index (κ1) is 13.9. The van der Waals surface area contributed by atoms with Gasteiger partial charge in [-0.25, -0.2) is 0 Å². The van der Waals surface area contributed by atoms with Crippen molar-refractivity contribution < 1.29 is 4.79 Å². The number of rotatable bonds is 4. The van der Waals surface area contributed by atoms with Gasteiger partial charge in [0.2, 0.25) is 0 Å². The van der Waals surface area contributed by atoms with Gasteiger partial charge in [0.15, 0.2) is 5.78 Å². The van der Waals surface area contributed by atoms with Crippen molar-refractivity contribution in [3.8, 4) is 0 Å². The molecule has 1 aliphatic heterocycles. The second kappa shape index (κ2) is 5.60. The monoisotopic (exact) mass is 285 g/mol. The molecule has 2 rings (SSSR count). The second-order valence-corrected chi connectivity index (χ2v) is 5.75. The van der Waals surface area contributed by atoms with E-state index < -0.39 is 0 Å². The van der Waals surface area contributed by atoms with E-state index in [1.807, 2.05) is 0 Å². The summed E-state index contributed by atoms with van der Waals surface area (Å²) in [7, 11) is 0. The van der Waals surface area contributed by atoms with Crippen molar-refractivity contribution in [2.75, 3.05) is 13.1 Å². The molecule has 18 heavy (non-hydrogen) atoms. The van der Waals surface area contributed by atoms with Gasteiger partial charge in [0.05, 0.1) is 5.02 Å². The van der Waals surface area contributed by atoms with Crippen LogP contribution in [0.5, 0.6) is 0 Å². The first-order valence-electron chi connectivity index (χ1n) is 6.29. The van der Waals surface area contributed by atoms with E-state index in [1.165, 1.54) is 0 Å². The Hall–Kier alpha value is -0.570. The number of Topliss-reactive ketones (excluding diaryl/α,β-unsaturated/α-hetero) is 1. The fourth-order valence-electron chi connectivity index (χ4n) is 2.70. The molecule has 4 heteroatoms. The van der Waals surface area contributed by atoms with E-state index in [1.54, 1.807) is 18.2 Å².